The van der Waals surface area contributed by atoms with Gasteiger partial charge in [-0.3, -0.25) is 0 Å². The van der Waals surface area contributed by atoms with E-state index in [4.69, 9.17) is 14.2 Å². The molecule has 0 spiro atoms. The molecule has 6 heteroatoms. The van der Waals surface area contributed by atoms with Crippen molar-refractivity contribution in [2.45, 2.75) is 44.6 Å². The zero-order chi connectivity index (χ0) is 20.1. The largest absolute Gasteiger partial charge is 0.497 e. The number of ether oxygens (including phenoxy) is 3. The van der Waals surface area contributed by atoms with Gasteiger partial charge < -0.3 is 14.2 Å². The van der Waals surface area contributed by atoms with Crippen molar-refractivity contribution in [1.82, 2.24) is 0 Å². The van der Waals surface area contributed by atoms with E-state index >= 15 is 0 Å². The maximum absolute atomic E-state index is 12.6. The van der Waals surface area contributed by atoms with Gasteiger partial charge in [-0.2, -0.15) is 4.40 Å². The highest BCUT2D eigenvalue weighted by atomic mass is 32.2. The molecule has 2 atom stereocenters. The quantitative estimate of drug-likeness (QED) is 0.724. The van der Waals surface area contributed by atoms with E-state index in [1.54, 1.807) is 7.11 Å². The van der Waals surface area contributed by atoms with Crippen LogP contribution in [0.5, 0.6) is 11.5 Å². The van der Waals surface area contributed by atoms with E-state index in [0.717, 1.165) is 16.8 Å². The fourth-order valence-electron chi connectivity index (χ4n) is 2.81. The SMILES string of the molecule is COc1ccc2c(c1)O[C@@H](COCc1ccccc1)C/C2=N\S(=O)C(C)(C)C. The Morgan fingerprint density at radius 2 is 1.93 bits per heavy atom. The first-order chi connectivity index (χ1) is 13.4. The van der Waals surface area contributed by atoms with Crippen LogP contribution in [0, 0.1) is 0 Å². The average Bonchev–Trinajstić information content (AvgIpc) is 2.67. The molecule has 0 saturated carbocycles. The predicted molar refractivity (Wildman–Crippen MR) is 113 cm³/mol. The first-order valence-corrected chi connectivity index (χ1v) is 10.4. The van der Waals surface area contributed by atoms with Crippen molar-refractivity contribution in [1.29, 1.82) is 0 Å². The van der Waals surface area contributed by atoms with Crippen LogP contribution in [0.25, 0.3) is 0 Å². The Bertz CT molecular complexity index is 859. The number of benzene rings is 2. The highest BCUT2D eigenvalue weighted by Crippen LogP contribution is 2.32. The normalized spacial score (nSPS) is 19.0. The summed E-state index contributed by atoms with van der Waals surface area (Å²) >= 11 is 0. The van der Waals surface area contributed by atoms with Gasteiger partial charge in [-0.1, -0.05) is 30.3 Å². The van der Waals surface area contributed by atoms with Gasteiger partial charge in [0, 0.05) is 18.1 Å². The van der Waals surface area contributed by atoms with Crippen LogP contribution < -0.4 is 9.47 Å². The third-order valence-electron chi connectivity index (χ3n) is 4.35. The van der Waals surface area contributed by atoms with Crippen LogP contribution >= 0.6 is 0 Å². The van der Waals surface area contributed by atoms with E-state index in [9.17, 15) is 4.21 Å². The lowest BCUT2D eigenvalue weighted by Gasteiger charge is -2.28. The van der Waals surface area contributed by atoms with Crippen LogP contribution in [0.4, 0.5) is 0 Å². The summed E-state index contributed by atoms with van der Waals surface area (Å²) in [5, 5.41) is 0. The molecule has 2 aromatic carbocycles. The summed E-state index contributed by atoms with van der Waals surface area (Å²) < 4.78 is 34.0. The Kier molecular flexibility index (Phi) is 6.52. The van der Waals surface area contributed by atoms with Gasteiger partial charge in [0.05, 0.1) is 30.8 Å². The standard InChI is InChI=1S/C22H27NO4S/c1-22(2,3)28(24)23-20-12-18(15-26-14-16-8-6-5-7-9-16)27-21-13-17(25-4)10-11-19(20)21/h5-11,13,18H,12,14-15H2,1-4H3/b23-20+/t18-,28?/m1/s1. The predicted octanol–water partition coefficient (Wildman–Crippen LogP) is 4.31. The van der Waals surface area contributed by atoms with Crippen LogP contribution in [0.15, 0.2) is 52.9 Å². The Balaban J connectivity index is 1.78. The molecule has 1 aliphatic heterocycles. The van der Waals surface area contributed by atoms with Gasteiger partial charge in [0.2, 0.25) is 0 Å². The molecule has 0 aliphatic carbocycles. The van der Waals surface area contributed by atoms with Crippen LogP contribution in [0.2, 0.25) is 0 Å². The smallest absolute Gasteiger partial charge is 0.145 e. The number of nitrogens with zero attached hydrogens (tertiary/aromatic N) is 1. The Morgan fingerprint density at radius 1 is 1.18 bits per heavy atom. The first kappa shape index (κ1) is 20.6. The number of rotatable bonds is 6. The number of fused-ring (bicyclic) bond motifs is 1. The topological polar surface area (TPSA) is 57.1 Å². The molecular formula is C22H27NO4S. The molecule has 2 aromatic rings. The lowest BCUT2D eigenvalue weighted by atomic mass is 10.00. The lowest BCUT2D eigenvalue weighted by Crippen LogP contribution is -2.32. The molecule has 0 fully saturated rings. The minimum absolute atomic E-state index is 0.195. The molecule has 1 unspecified atom stereocenters. The second-order valence-corrected chi connectivity index (χ2v) is 9.61. The van der Waals surface area contributed by atoms with Crippen molar-refractivity contribution >= 4 is 16.7 Å². The van der Waals surface area contributed by atoms with E-state index < -0.39 is 15.7 Å². The lowest BCUT2D eigenvalue weighted by molar-refractivity contribution is 0.0420. The van der Waals surface area contributed by atoms with Gasteiger partial charge in [0.1, 0.15) is 28.6 Å². The van der Waals surface area contributed by atoms with Crippen molar-refractivity contribution in [2.24, 2.45) is 4.40 Å². The molecular weight excluding hydrogens is 374 g/mol. The summed E-state index contributed by atoms with van der Waals surface area (Å²) in [6.07, 6.45) is 0.356. The minimum Gasteiger partial charge on any atom is -0.497 e. The van der Waals surface area contributed by atoms with Gasteiger partial charge in [0.15, 0.2) is 0 Å². The first-order valence-electron chi connectivity index (χ1n) is 9.33. The maximum atomic E-state index is 12.6. The maximum Gasteiger partial charge on any atom is 0.145 e. The van der Waals surface area contributed by atoms with Crippen LogP contribution in [0.1, 0.15) is 38.3 Å². The number of hydrogen-bond donors (Lipinski definition) is 0. The van der Waals surface area contributed by atoms with Crippen molar-refractivity contribution < 1.29 is 18.4 Å². The summed E-state index contributed by atoms with van der Waals surface area (Å²) in [7, 11) is 0.280. The summed E-state index contributed by atoms with van der Waals surface area (Å²) in [6, 6.07) is 15.6. The van der Waals surface area contributed by atoms with E-state index in [1.165, 1.54) is 0 Å². The van der Waals surface area contributed by atoms with E-state index in [0.29, 0.717) is 31.1 Å². The fraction of sp³-hybridized carbons (Fsp3) is 0.409. The molecule has 0 N–H and O–H groups in total. The Hall–Kier alpha value is -2.18. The number of methoxy groups -OCH3 is 1. The van der Waals surface area contributed by atoms with Crippen LogP contribution in [-0.4, -0.2) is 34.5 Å². The third kappa shape index (κ3) is 5.20. The van der Waals surface area contributed by atoms with E-state index in [2.05, 4.69) is 4.40 Å². The molecule has 5 nitrogen and oxygen atoms in total. The Labute approximate surface area is 169 Å². The van der Waals surface area contributed by atoms with Gasteiger partial charge in [-0.25, -0.2) is 4.21 Å². The van der Waals surface area contributed by atoms with Gasteiger partial charge in [0.25, 0.3) is 0 Å². The number of hydrogen-bond acceptors (Lipinski definition) is 4. The zero-order valence-electron chi connectivity index (χ0n) is 16.8. The molecule has 0 saturated heterocycles. The molecule has 0 amide bonds. The van der Waals surface area contributed by atoms with E-state index in [-0.39, 0.29) is 6.10 Å². The highest BCUT2D eigenvalue weighted by molar-refractivity contribution is 7.85. The molecule has 0 bridgehead atoms. The molecule has 3 rings (SSSR count). The molecule has 0 aromatic heterocycles. The van der Waals surface area contributed by atoms with Crippen molar-refractivity contribution in [3.8, 4) is 11.5 Å². The second kappa shape index (κ2) is 8.88. The molecule has 1 aliphatic rings. The molecule has 0 radical (unpaired) electrons. The summed E-state index contributed by atoms with van der Waals surface area (Å²) in [5.41, 5.74) is 2.76. The summed E-state index contributed by atoms with van der Waals surface area (Å²) in [4.78, 5) is 0. The third-order valence-corrected chi connectivity index (χ3v) is 5.78. The van der Waals surface area contributed by atoms with Crippen molar-refractivity contribution in [3.05, 3.63) is 59.7 Å². The molecule has 150 valence electrons. The zero-order valence-corrected chi connectivity index (χ0v) is 17.6. The van der Waals surface area contributed by atoms with Gasteiger partial charge in [-0.15, -0.1) is 0 Å². The molecule has 28 heavy (non-hydrogen) atoms. The summed E-state index contributed by atoms with van der Waals surface area (Å²) in [5.74, 6) is 1.39. The van der Waals surface area contributed by atoms with Crippen LogP contribution in [-0.2, 0) is 22.3 Å². The van der Waals surface area contributed by atoms with Crippen molar-refractivity contribution in [3.63, 3.8) is 0 Å². The molecule has 1 heterocycles. The minimum atomic E-state index is -1.34. The van der Waals surface area contributed by atoms with E-state index in [1.807, 2.05) is 69.3 Å². The second-order valence-electron chi connectivity index (χ2n) is 7.71. The van der Waals surface area contributed by atoms with Gasteiger partial charge >= 0.3 is 0 Å². The van der Waals surface area contributed by atoms with Crippen molar-refractivity contribution in [2.75, 3.05) is 13.7 Å². The Morgan fingerprint density at radius 3 is 2.61 bits per heavy atom. The monoisotopic (exact) mass is 401 g/mol. The highest BCUT2D eigenvalue weighted by Gasteiger charge is 2.28. The van der Waals surface area contributed by atoms with Crippen LogP contribution in [0.3, 0.4) is 0 Å². The van der Waals surface area contributed by atoms with Gasteiger partial charge in [-0.05, 0) is 38.5 Å². The summed E-state index contributed by atoms with van der Waals surface area (Å²) in [6.45, 7) is 6.70. The fourth-order valence-corrected chi connectivity index (χ4v) is 3.46. The average molecular weight is 402 g/mol.